The van der Waals surface area contributed by atoms with Crippen LogP contribution in [-0.4, -0.2) is 51.0 Å². The van der Waals surface area contributed by atoms with E-state index in [1.54, 1.807) is 4.90 Å². The monoisotopic (exact) mass is 447 g/mol. The summed E-state index contributed by atoms with van der Waals surface area (Å²) in [7, 11) is 0. The summed E-state index contributed by atoms with van der Waals surface area (Å²) in [5, 5.41) is 9.06. The zero-order valence-electron chi connectivity index (χ0n) is 18.9. The number of amides is 2. The van der Waals surface area contributed by atoms with Gasteiger partial charge in [0, 0.05) is 19.1 Å². The van der Waals surface area contributed by atoms with Gasteiger partial charge in [-0.1, -0.05) is 54.6 Å². The van der Waals surface area contributed by atoms with Gasteiger partial charge >= 0.3 is 5.69 Å². The van der Waals surface area contributed by atoms with E-state index in [1.807, 2.05) is 32.0 Å². The van der Waals surface area contributed by atoms with Crippen LogP contribution in [0.5, 0.6) is 0 Å². The fraction of sp³-hybridized carbons (Fsp3) is 0.360. The highest BCUT2D eigenvalue weighted by atomic mass is 16.2. The first-order valence-corrected chi connectivity index (χ1v) is 11.3. The minimum atomic E-state index is -0.761. The van der Waals surface area contributed by atoms with E-state index in [2.05, 4.69) is 56.9 Å². The van der Waals surface area contributed by atoms with Crippen molar-refractivity contribution in [1.29, 1.82) is 0 Å². The Labute approximate surface area is 192 Å². The zero-order chi connectivity index (χ0) is 23.4. The number of piperidine rings is 1. The third-order valence-electron chi connectivity index (χ3n) is 6.07. The summed E-state index contributed by atoms with van der Waals surface area (Å²) in [6.07, 6.45) is 1.88. The normalized spacial score (nSPS) is 18.3. The van der Waals surface area contributed by atoms with Crippen LogP contribution < -0.4 is 11.0 Å². The maximum atomic E-state index is 13.4. The van der Waals surface area contributed by atoms with Crippen LogP contribution in [0.1, 0.15) is 42.9 Å². The summed E-state index contributed by atoms with van der Waals surface area (Å²) in [6, 6.07) is 18.4. The van der Waals surface area contributed by atoms with E-state index in [1.165, 1.54) is 0 Å². The van der Waals surface area contributed by atoms with Crippen LogP contribution in [0.25, 0.3) is 11.1 Å². The fourth-order valence-corrected chi connectivity index (χ4v) is 4.49. The van der Waals surface area contributed by atoms with E-state index in [0.717, 1.165) is 16.7 Å². The molecule has 0 saturated carbocycles. The van der Waals surface area contributed by atoms with Crippen molar-refractivity contribution in [2.75, 3.05) is 13.1 Å². The summed E-state index contributed by atoms with van der Waals surface area (Å²) in [4.78, 5) is 41.8. The number of hydrogen-bond donors (Lipinski definition) is 3. The average molecular weight is 448 g/mol. The highest BCUT2D eigenvalue weighted by Gasteiger charge is 2.44. The second-order valence-corrected chi connectivity index (χ2v) is 9.00. The van der Waals surface area contributed by atoms with E-state index in [-0.39, 0.29) is 30.2 Å². The highest BCUT2D eigenvalue weighted by Crippen LogP contribution is 2.35. The maximum absolute atomic E-state index is 13.4. The van der Waals surface area contributed by atoms with Crippen LogP contribution in [0.15, 0.2) is 59.4 Å². The lowest BCUT2D eigenvalue weighted by atomic mass is 9.74. The summed E-state index contributed by atoms with van der Waals surface area (Å²) in [5.41, 5.74) is 2.00. The van der Waals surface area contributed by atoms with Gasteiger partial charge in [0.25, 0.3) is 5.91 Å². The van der Waals surface area contributed by atoms with E-state index in [9.17, 15) is 14.4 Å². The Kier molecular flexibility index (Phi) is 6.44. The topological polar surface area (TPSA) is 111 Å². The molecule has 3 aromatic rings. The lowest BCUT2D eigenvalue weighted by molar-refractivity contribution is -0.134. The lowest BCUT2D eigenvalue weighted by Crippen LogP contribution is -2.55. The number of rotatable bonds is 6. The molecule has 172 valence electrons. The largest absolute Gasteiger partial charge is 0.353 e. The quantitative estimate of drug-likeness (QED) is 0.539. The molecular weight excluding hydrogens is 418 g/mol. The number of hydrogen-bond acceptors (Lipinski definition) is 4. The summed E-state index contributed by atoms with van der Waals surface area (Å²) < 4.78 is 0. The van der Waals surface area contributed by atoms with Gasteiger partial charge in [-0.15, -0.1) is 5.10 Å². The van der Waals surface area contributed by atoms with Crippen LogP contribution in [0, 0.1) is 5.41 Å². The van der Waals surface area contributed by atoms with Crippen molar-refractivity contribution < 1.29 is 9.59 Å². The second-order valence-electron chi connectivity index (χ2n) is 9.00. The Morgan fingerprint density at radius 1 is 1.09 bits per heavy atom. The number of aromatic nitrogens is 3. The minimum Gasteiger partial charge on any atom is -0.353 e. The third-order valence-corrected chi connectivity index (χ3v) is 6.07. The molecule has 1 saturated heterocycles. The van der Waals surface area contributed by atoms with Crippen molar-refractivity contribution in [3.8, 4) is 11.1 Å². The van der Waals surface area contributed by atoms with Crippen molar-refractivity contribution in [3.05, 3.63) is 76.5 Å². The van der Waals surface area contributed by atoms with Gasteiger partial charge in [0.05, 0.1) is 5.41 Å². The molecule has 2 aromatic carbocycles. The maximum Gasteiger partial charge on any atom is 0.341 e. The van der Waals surface area contributed by atoms with E-state index in [4.69, 9.17) is 0 Å². The molecule has 2 heterocycles. The van der Waals surface area contributed by atoms with Gasteiger partial charge in [-0.3, -0.25) is 14.6 Å². The Morgan fingerprint density at radius 2 is 1.79 bits per heavy atom. The van der Waals surface area contributed by atoms with Gasteiger partial charge in [0.2, 0.25) is 11.7 Å². The molecule has 0 aliphatic carbocycles. The van der Waals surface area contributed by atoms with Gasteiger partial charge in [0.15, 0.2) is 0 Å². The molecule has 8 nitrogen and oxygen atoms in total. The molecule has 3 N–H and O–H groups in total. The van der Waals surface area contributed by atoms with Crippen molar-refractivity contribution >= 4 is 11.8 Å². The highest BCUT2D eigenvalue weighted by molar-refractivity contribution is 5.91. The third kappa shape index (κ3) is 5.05. The smallest absolute Gasteiger partial charge is 0.341 e. The number of carbonyl (C=O) groups is 2. The first kappa shape index (κ1) is 22.5. The Balaban J connectivity index is 1.59. The summed E-state index contributed by atoms with van der Waals surface area (Å²) in [5.74, 6) is -0.473. The molecule has 0 bridgehead atoms. The molecule has 2 amide bonds. The zero-order valence-corrected chi connectivity index (χ0v) is 18.9. The van der Waals surface area contributed by atoms with Crippen LogP contribution in [-0.2, 0) is 11.2 Å². The number of likely N-dealkylation sites (tertiary alicyclic amines) is 1. The molecule has 0 unspecified atom stereocenters. The number of nitrogens with one attached hydrogen (secondary N) is 3. The van der Waals surface area contributed by atoms with Crippen molar-refractivity contribution in [1.82, 2.24) is 25.4 Å². The minimum absolute atomic E-state index is 0.0106. The molecule has 4 rings (SSSR count). The van der Waals surface area contributed by atoms with Crippen LogP contribution >= 0.6 is 0 Å². The predicted molar refractivity (Wildman–Crippen MR) is 126 cm³/mol. The van der Waals surface area contributed by atoms with E-state index in [0.29, 0.717) is 25.8 Å². The van der Waals surface area contributed by atoms with Crippen LogP contribution in [0.4, 0.5) is 0 Å². The van der Waals surface area contributed by atoms with Gasteiger partial charge in [-0.05, 0) is 49.8 Å². The molecule has 0 radical (unpaired) electrons. The molecule has 1 aromatic heterocycles. The molecule has 0 spiro atoms. The van der Waals surface area contributed by atoms with Gasteiger partial charge in [-0.25, -0.2) is 9.89 Å². The Hall–Kier alpha value is -3.68. The Bertz CT molecular complexity index is 1170. The molecule has 1 aliphatic rings. The van der Waals surface area contributed by atoms with E-state index < -0.39 is 11.1 Å². The van der Waals surface area contributed by atoms with Crippen molar-refractivity contribution in [2.45, 2.75) is 39.2 Å². The fourth-order valence-electron chi connectivity index (χ4n) is 4.49. The molecule has 33 heavy (non-hydrogen) atoms. The molecule has 8 heteroatoms. The van der Waals surface area contributed by atoms with Crippen molar-refractivity contribution in [3.63, 3.8) is 0 Å². The molecule has 1 fully saturated rings. The number of benzene rings is 2. The Morgan fingerprint density at radius 3 is 2.42 bits per heavy atom. The lowest BCUT2D eigenvalue weighted by Gasteiger charge is -2.42. The van der Waals surface area contributed by atoms with Crippen LogP contribution in [0.2, 0.25) is 0 Å². The first-order valence-electron chi connectivity index (χ1n) is 11.3. The number of carbonyl (C=O) groups excluding carboxylic acids is 2. The molecule has 1 aliphatic heterocycles. The summed E-state index contributed by atoms with van der Waals surface area (Å²) >= 11 is 0. The average Bonchev–Trinajstić information content (AvgIpc) is 3.25. The SMILES string of the molecule is CC(C)NC(=O)[C@]1(Cc2ccc(-c3ccccc3)cc2)CCCN(C(=O)c2n[nH]c(=O)[nH]2)C1. The standard InChI is InChI=1S/C25H29N5O3/c1-17(2)26-23(32)25(13-6-14-30(16-25)22(31)21-27-24(33)29-28-21)15-18-9-11-20(12-10-18)19-7-4-3-5-8-19/h3-5,7-12,17H,6,13-16H2,1-2H3,(H,26,32)(H2,27,28,29,33)/t25-/m0/s1. The van der Waals surface area contributed by atoms with E-state index >= 15 is 0 Å². The number of nitrogens with zero attached hydrogens (tertiary/aromatic N) is 2. The predicted octanol–water partition coefficient (Wildman–Crippen LogP) is 2.75. The first-order chi connectivity index (χ1) is 15.9. The van der Waals surface area contributed by atoms with Crippen LogP contribution in [0.3, 0.4) is 0 Å². The number of aromatic amines is 2. The molecular formula is C25H29N5O3. The summed E-state index contributed by atoms with van der Waals surface area (Å²) in [6.45, 7) is 4.64. The second kappa shape index (κ2) is 9.44. The molecule has 1 atom stereocenters. The van der Waals surface area contributed by atoms with Crippen molar-refractivity contribution in [2.24, 2.45) is 5.41 Å². The van der Waals surface area contributed by atoms with Gasteiger partial charge in [0.1, 0.15) is 0 Å². The van der Waals surface area contributed by atoms with Gasteiger partial charge in [-0.2, -0.15) is 0 Å². The van der Waals surface area contributed by atoms with Gasteiger partial charge < -0.3 is 10.2 Å². The number of H-pyrrole nitrogens is 2.